The molecule has 4 heterocycles. The van der Waals surface area contributed by atoms with Crippen molar-refractivity contribution in [2.45, 2.75) is 50.4 Å². The second-order valence-electron chi connectivity index (χ2n) is 13.6. The summed E-state index contributed by atoms with van der Waals surface area (Å²) < 4.78 is 37.5. The summed E-state index contributed by atoms with van der Waals surface area (Å²) in [4.78, 5) is 21.8. The van der Waals surface area contributed by atoms with Crippen LogP contribution in [-0.2, 0) is 4.57 Å². The van der Waals surface area contributed by atoms with Gasteiger partial charge in [0.05, 0.1) is 63.6 Å². The van der Waals surface area contributed by atoms with Gasteiger partial charge in [-0.1, -0.05) is 24.3 Å². The monoisotopic (exact) mass is 708 g/mol. The van der Waals surface area contributed by atoms with Crippen molar-refractivity contribution in [1.82, 2.24) is 9.80 Å². The Kier molecular flexibility index (Phi) is 11.2. The van der Waals surface area contributed by atoms with Crippen LogP contribution in [0, 0.1) is 0 Å². The van der Waals surface area contributed by atoms with Gasteiger partial charge < -0.3 is 43.9 Å². The van der Waals surface area contributed by atoms with E-state index < -0.39 is 13.4 Å². The van der Waals surface area contributed by atoms with Crippen LogP contribution in [-0.4, -0.2) is 116 Å². The molecule has 0 spiro atoms. The highest BCUT2D eigenvalue weighted by molar-refractivity contribution is 7.63. The van der Waals surface area contributed by atoms with E-state index in [1.165, 1.54) is 0 Å². The average Bonchev–Trinajstić information content (AvgIpc) is 3.62. The molecular weight excluding hydrogens is 659 g/mol. The molecule has 3 N–H and O–H groups in total. The molecule has 50 heavy (non-hydrogen) atoms. The molecule has 13 heteroatoms. The Labute approximate surface area is 294 Å². The number of nitrogens with zero attached hydrogens (tertiary/aromatic N) is 3. The minimum Gasteiger partial charge on any atom is -0.493 e. The lowest BCUT2D eigenvalue weighted by atomic mass is 10.1. The first-order chi connectivity index (χ1) is 24.1. The fraction of sp³-hybridized carbons (Fsp3) is 0.514. The molecule has 12 nitrogen and oxygen atoms in total. The number of fused-ring (bicyclic) bond motifs is 4. The molecule has 0 aromatic heterocycles. The van der Waals surface area contributed by atoms with E-state index in [0.29, 0.717) is 116 Å². The number of anilines is 1. The van der Waals surface area contributed by atoms with E-state index in [1.807, 2.05) is 22.1 Å². The Hall–Kier alpha value is -3.83. The number of aliphatic hydroxyl groups is 2. The number of nitrogens with one attached hydrogen (secondary N) is 1. The molecule has 270 valence electrons. The number of methoxy groups -OCH3 is 2. The van der Waals surface area contributed by atoms with Crippen molar-refractivity contribution in [2.75, 3.05) is 77.5 Å². The van der Waals surface area contributed by atoms with Crippen LogP contribution in [0.25, 0.3) is 0 Å². The number of aliphatic imine (C=N–C) groups is 1. The summed E-state index contributed by atoms with van der Waals surface area (Å²) in [5.41, 5.74) is 4.65. The topological polar surface area (TPSA) is 142 Å². The molecule has 2 unspecified atom stereocenters. The normalized spacial score (nSPS) is 22.4. The minimum absolute atomic E-state index is 0.00865. The molecule has 4 aliphatic rings. The van der Waals surface area contributed by atoms with Crippen LogP contribution in [0.15, 0.2) is 53.6 Å². The van der Waals surface area contributed by atoms with E-state index in [4.69, 9.17) is 18.9 Å². The quantitative estimate of drug-likeness (QED) is 0.128. The smallest absolute Gasteiger partial charge is 0.256 e. The highest BCUT2D eigenvalue weighted by Crippen LogP contribution is 2.48. The largest absolute Gasteiger partial charge is 0.493 e. The van der Waals surface area contributed by atoms with Crippen molar-refractivity contribution >= 4 is 30.6 Å². The van der Waals surface area contributed by atoms with E-state index in [2.05, 4.69) is 23.5 Å². The summed E-state index contributed by atoms with van der Waals surface area (Å²) in [6.45, 7) is 10.6. The Morgan fingerprint density at radius 1 is 0.920 bits per heavy atom. The van der Waals surface area contributed by atoms with Gasteiger partial charge in [0.15, 0.2) is 23.0 Å². The van der Waals surface area contributed by atoms with Crippen LogP contribution in [0.2, 0.25) is 0 Å². The zero-order valence-electron chi connectivity index (χ0n) is 29.1. The highest BCUT2D eigenvalue weighted by Gasteiger charge is 2.37. The lowest BCUT2D eigenvalue weighted by Gasteiger charge is -2.26. The molecule has 6 rings (SSSR count). The van der Waals surface area contributed by atoms with Crippen LogP contribution in [0.3, 0.4) is 0 Å². The molecule has 1 amide bonds. The number of benzene rings is 2. The Balaban J connectivity index is 1.04. The van der Waals surface area contributed by atoms with Gasteiger partial charge in [-0.05, 0) is 44.2 Å². The first kappa shape index (κ1) is 36.0. The van der Waals surface area contributed by atoms with Crippen molar-refractivity contribution in [3.8, 4) is 23.0 Å². The fourth-order valence-electron chi connectivity index (χ4n) is 7.36. The number of amides is 1. The van der Waals surface area contributed by atoms with Gasteiger partial charge in [0.1, 0.15) is 6.23 Å². The predicted molar refractivity (Wildman–Crippen MR) is 195 cm³/mol. The van der Waals surface area contributed by atoms with Gasteiger partial charge in [0, 0.05) is 68.6 Å². The van der Waals surface area contributed by atoms with Gasteiger partial charge in [-0.2, -0.15) is 0 Å². The molecule has 4 aliphatic heterocycles. The molecule has 0 bridgehead atoms. The molecule has 2 saturated heterocycles. The van der Waals surface area contributed by atoms with E-state index in [0.717, 1.165) is 24.0 Å². The second kappa shape index (κ2) is 15.6. The predicted octanol–water partition coefficient (Wildman–Crippen LogP) is 5.22. The van der Waals surface area contributed by atoms with E-state index in [9.17, 15) is 19.6 Å². The number of carbonyl (C=O) groups is 1. The van der Waals surface area contributed by atoms with Gasteiger partial charge in [0.25, 0.3) is 5.91 Å². The Bertz CT molecular complexity index is 1700. The Morgan fingerprint density at radius 3 is 2.28 bits per heavy atom. The Morgan fingerprint density at radius 2 is 1.58 bits per heavy atom. The van der Waals surface area contributed by atoms with Crippen LogP contribution in [0.5, 0.6) is 23.0 Å². The molecule has 2 aromatic rings. The number of rotatable bonds is 15. The molecule has 0 aliphatic carbocycles. The molecule has 0 radical (unpaired) electrons. The number of aliphatic hydroxyl groups excluding tert-OH is 2. The molecular formula is C37H49N4O8P. The summed E-state index contributed by atoms with van der Waals surface area (Å²) in [7, 11) is 0.473. The van der Waals surface area contributed by atoms with Crippen LogP contribution >= 0.6 is 7.14 Å². The zero-order chi connectivity index (χ0) is 35.4. The molecule has 0 saturated carbocycles. The van der Waals surface area contributed by atoms with E-state index in [1.54, 1.807) is 32.4 Å². The summed E-state index contributed by atoms with van der Waals surface area (Å²) >= 11 is 0. The second-order valence-corrected chi connectivity index (χ2v) is 17.0. The molecule has 2 aromatic carbocycles. The van der Waals surface area contributed by atoms with Gasteiger partial charge in [-0.15, -0.1) is 0 Å². The van der Waals surface area contributed by atoms with Crippen LogP contribution in [0.4, 0.5) is 11.4 Å². The van der Waals surface area contributed by atoms with Crippen molar-refractivity contribution in [3.05, 3.63) is 59.7 Å². The van der Waals surface area contributed by atoms with E-state index >= 15 is 0 Å². The first-order valence-electron chi connectivity index (χ1n) is 17.4. The summed E-state index contributed by atoms with van der Waals surface area (Å²) in [6, 6.07) is 7.17. The van der Waals surface area contributed by atoms with Crippen LogP contribution in [0.1, 0.15) is 54.3 Å². The average molecular weight is 709 g/mol. The lowest BCUT2D eigenvalue weighted by molar-refractivity contribution is 0.0112. The zero-order valence-corrected chi connectivity index (χ0v) is 30.0. The third kappa shape index (κ3) is 7.73. The SMILES string of the molecule is C=C1C[C@H]2CNc3cc(OCCCP(=O)(CCCO)CCCOc4cc5c(cc4OC)C(O)N4CC(=C)C[C@H]4C=N5)c(OC)cc3C(=O)N2C1. The third-order valence-corrected chi connectivity index (χ3v) is 13.4. The van der Waals surface area contributed by atoms with Crippen molar-refractivity contribution in [3.63, 3.8) is 0 Å². The standard InChI is InChI=1S/C37H49N4O8P/c1-24-14-26-20-38-30-18-34(32(46-3)16-28(30)36(43)40(26)22-24)48-9-6-12-50(45,11-5-8-42)13-7-10-49-35-19-31-29(17-33(35)47-4)37(44)41-23-25(2)15-27(41)21-39-31/h16-20,26-27,36,39,42-43H,1-2,5-15,21-23H2,3-4H3/t26-,27-,36?,50?/m0/s1. The first-order valence-corrected chi connectivity index (χ1v) is 19.6. The molecule has 4 atom stereocenters. The fourth-order valence-corrected chi connectivity index (χ4v) is 10.2. The summed E-state index contributed by atoms with van der Waals surface area (Å²) in [5.74, 6) is 1.95. The van der Waals surface area contributed by atoms with Gasteiger partial charge in [-0.3, -0.25) is 14.7 Å². The van der Waals surface area contributed by atoms with Crippen LogP contribution < -0.4 is 24.3 Å². The molecule has 2 fully saturated rings. The lowest BCUT2D eigenvalue weighted by Crippen LogP contribution is -2.36. The van der Waals surface area contributed by atoms with Crippen molar-refractivity contribution in [1.29, 1.82) is 0 Å². The highest BCUT2D eigenvalue weighted by atomic mass is 31.2. The number of hydrogen-bond donors (Lipinski definition) is 3. The number of ether oxygens (including phenoxy) is 4. The van der Waals surface area contributed by atoms with Gasteiger partial charge >= 0.3 is 0 Å². The maximum Gasteiger partial charge on any atom is 0.256 e. The van der Waals surface area contributed by atoms with E-state index in [-0.39, 0.29) is 24.6 Å². The summed E-state index contributed by atoms with van der Waals surface area (Å²) in [6.07, 6.45) is 5.52. The van der Waals surface area contributed by atoms with Crippen molar-refractivity contribution in [2.24, 2.45) is 4.99 Å². The van der Waals surface area contributed by atoms with Crippen molar-refractivity contribution < 1.29 is 38.5 Å². The van der Waals surface area contributed by atoms with Gasteiger partial charge in [0.2, 0.25) is 0 Å². The van der Waals surface area contributed by atoms with Gasteiger partial charge in [-0.25, -0.2) is 0 Å². The minimum atomic E-state index is -2.64. The number of carbonyl (C=O) groups excluding carboxylic acids is 1. The number of hydrogen-bond acceptors (Lipinski definition) is 11. The maximum absolute atomic E-state index is 14.0. The third-order valence-electron chi connectivity index (χ3n) is 9.96. The maximum atomic E-state index is 14.0. The summed E-state index contributed by atoms with van der Waals surface area (Å²) in [5, 5.41) is 24.0.